The first-order valence-corrected chi connectivity index (χ1v) is 10.9. The predicted octanol–water partition coefficient (Wildman–Crippen LogP) is 5.11. The highest BCUT2D eigenvalue weighted by Crippen LogP contribution is 2.38. The molecule has 0 aliphatic heterocycles. The Labute approximate surface area is 159 Å². The minimum absolute atomic E-state index is 0.146. The van der Waals surface area contributed by atoms with E-state index in [1.165, 1.54) is 56.1 Å². The summed E-state index contributed by atoms with van der Waals surface area (Å²) in [5, 5.41) is 3.26. The van der Waals surface area contributed by atoms with Gasteiger partial charge in [-0.15, -0.1) is 0 Å². The number of aryl methyl sites for hydroxylation is 1. The average molecular weight is 357 g/mol. The smallest absolute Gasteiger partial charge is 0.251 e. The van der Waals surface area contributed by atoms with E-state index in [2.05, 4.69) is 36.2 Å². The van der Waals surface area contributed by atoms with Gasteiger partial charge in [0, 0.05) is 18.2 Å². The molecule has 0 unspecified atom stereocenters. The molecule has 1 amide bonds. The highest BCUT2D eigenvalue weighted by atomic mass is 16.1. The Hall–Kier alpha value is -1.35. The molecule has 0 aromatic heterocycles. The van der Waals surface area contributed by atoms with Crippen molar-refractivity contribution >= 4 is 5.91 Å². The van der Waals surface area contributed by atoms with Gasteiger partial charge in [0.15, 0.2) is 0 Å². The fourth-order valence-corrected chi connectivity index (χ4v) is 4.95. The van der Waals surface area contributed by atoms with Crippen molar-refractivity contribution in [2.75, 3.05) is 19.6 Å². The van der Waals surface area contributed by atoms with Gasteiger partial charge in [-0.05, 0) is 74.7 Å². The van der Waals surface area contributed by atoms with Crippen LogP contribution in [-0.2, 0) is 6.42 Å². The Morgan fingerprint density at radius 2 is 1.81 bits per heavy atom. The molecule has 3 heteroatoms. The largest absolute Gasteiger partial charge is 0.352 e. The fraction of sp³-hybridized carbons (Fsp3) is 0.696. The molecule has 0 heterocycles. The van der Waals surface area contributed by atoms with Crippen LogP contribution in [0.2, 0.25) is 0 Å². The van der Waals surface area contributed by atoms with Crippen LogP contribution in [0.15, 0.2) is 18.2 Å². The van der Waals surface area contributed by atoms with Crippen molar-refractivity contribution in [2.45, 2.75) is 77.7 Å². The second-order valence-corrected chi connectivity index (χ2v) is 8.18. The summed E-state index contributed by atoms with van der Waals surface area (Å²) in [5.41, 5.74) is 3.63. The molecular formula is C23H36N2O. The Morgan fingerprint density at radius 3 is 2.50 bits per heavy atom. The summed E-state index contributed by atoms with van der Waals surface area (Å²) in [6, 6.07) is 6.76. The Bertz CT molecular complexity index is 586. The van der Waals surface area contributed by atoms with Gasteiger partial charge in [0.05, 0.1) is 0 Å². The molecule has 3 rings (SSSR count). The number of fused-ring (bicyclic) bond motifs is 1. The van der Waals surface area contributed by atoms with Crippen LogP contribution in [0.3, 0.4) is 0 Å². The molecule has 1 saturated carbocycles. The molecule has 1 aromatic carbocycles. The number of amides is 1. The van der Waals surface area contributed by atoms with Gasteiger partial charge in [-0.1, -0.05) is 45.2 Å². The maximum Gasteiger partial charge on any atom is 0.251 e. The number of hydrogen-bond donors (Lipinski definition) is 1. The van der Waals surface area contributed by atoms with Crippen LogP contribution in [-0.4, -0.2) is 30.4 Å². The van der Waals surface area contributed by atoms with Gasteiger partial charge < -0.3 is 5.32 Å². The lowest BCUT2D eigenvalue weighted by atomic mass is 9.89. The van der Waals surface area contributed by atoms with Crippen LogP contribution in [0.4, 0.5) is 0 Å². The summed E-state index contributed by atoms with van der Waals surface area (Å²) in [4.78, 5) is 15.6. The Morgan fingerprint density at radius 1 is 1.08 bits per heavy atom. The quantitative estimate of drug-likeness (QED) is 0.702. The van der Waals surface area contributed by atoms with Crippen LogP contribution in [0.5, 0.6) is 0 Å². The molecule has 0 spiro atoms. The van der Waals surface area contributed by atoms with E-state index in [0.29, 0.717) is 12.0 Å². The van der Waals surface area contributed by atoms with Crippen molar-refractivity contribution in [1.29, 1.82) is 0 Å². The van der Waals surface area contributed by atoms with Gasteiger partial charge in [0.1, 0.15) is 0 Å². The molecule has 2 aliphatic rings. The first-order chi connectivity index (χ1) is 12.7. The zero-order valence-electron chi connectivity index (χ0n) is 16.7. The van der Waals surface area contributed by atoms with Crippen molar-refractivity contribution in [3.8, 4) is 0 Å². The molecule has 1 fully saturated rings. The third-order valence-corrected chi connectivity index (χ3v) is 6.20. The average Bonchev–Trinajstić information content (AvgIpc) is 3.11. The number of nitrogens with zero attached hydrogens (tertiary/aromatic N) is 1. The molecule has 1 aromatic rings. The summed E-state index contributed by atoms with van der Waals surface area (Å²) >= 11 is 0. The zero-order valence-corrected chi connectivity index (χ0v) is 16.7. The maximum absolute atomic E-state index is 13.0. The van der Waals surface area contributed by atoms with E-state index in [4.69, 9.17) is 0 Å². The minimum Gasteiger partial charge on any atom is -0.352 e. The second-order valence-electron chi connectivity index (χ2n) is 8.18. The molecule has 26 heavy (non-hydrogen) atoms. The van der Waals surface area contributed by atoms with Crippen molar-refractivity contribution in [3.05, 3.63) is 34.9 Å². The zero-order chi connectivity index (χ0) is 18.4. The second kappa shape index (κ2) is 9.55. The van der Waals surface area contributed by atoms with E-state index >= 15 is 0 Å². The van der Waals surface area contributed by atoms with Gasteiger partial charge in [0.25, 0.3) is 5.91 Å². The van der Waals surface area contributed by atoms with Crippen molar-refractivity contribution in [1.82, 2.24) is 10.2 Å². The minimum atomic E-state index is 0.146. The fourth-order valence-electron chi connectivity index (χ4n) is 4.95. The van der Waals surface area contributed by atoms with Crippen LogP contribution in [0, 0.1) is 5.92 Å². The van der Waals surface area contributed by atoms with Crippen LogP contribution >= 0.6 is 0 Å². The SMILES string of the molecule is CCCN(CCC)[C@@H]1CCc2cccc(C(=O)NCC3CCCCC3)c21. The summed E-state index contributed by atoms with van der Waals surface area (Å²) in [7, 11) is 0. The highest BCUT2D eigenvalue weighted by Gasteiger charge is 2.31. The number of benzene rings is 1. The molecule has 0 saturated heterocycles. The number of hydrogen-bond acceptors (Lipinski definition) is 2. The molecule has 2 aliphatic carbocycles. The molecule has 1 N–H and O–H groups in total. The van der Waals surface area contributed by atoms with Crippen molar-refractivity contribution in [2.24, 2.45) is 5.92 Å². The molecule has 3 nitrogen and oxygen atoms in total. The monoisotopic (exact) mass is 356 g/mol. The molecule has 0 bridgehead atoms. The molecular weight excluding hydrogens is 320 g/mol. The normalized spacial score (nSPS) is 20.3. The van der Waals surface area contributed by atoms with E-state index < -0.39 is 0 Å². The van der Waals surface area contributed by atoms with Crippen molar-refractivity contribution in [3.63, 3.8) is 0 Å². The summed E-state index contributed by atoms with van der Waals surface area (Å²) in [6.07, 6.45) is 11.2. The Kier molecular flexibility index (Phi) is 7.13. The number of carbonyl (C=O) groups is 1. The predicted molar refractivity (Wildman–Crippen MR) is 109 cm³/mol. The van der Waals surface area contributed by atoms with Gasteiger partial charge in [0.2, 0.25) is 0 Å². The van der Waals surface area contributed by atoms with Gasteiger partial charge >= 0.3 is 0 Å². The van der Waals surface area contributed by atoms with Gasteiger partial charge in [-0.25, -0.2) is 0 Å². The lowest BCUT2D eigenvalue weighted by Gasteiger charge is -2.30. The van der Waals surface area contributed by atoms with Crippen LogP contribution in [0.1, 0.15) is 92.7 Å². The summed E-state index contributed by atoms with van der Waals surface area (Å²) < 4.78 is 0. The third-order valence-electron chi connectivity index (χ3n) is 6.20. The van der Waals surface area contributed by atoms with E-state index in [1.54, 1.807) is 0 Å². The van der Waals surface area contributed by atoms with Crippen LogP contribution in [0.25, 0.3) is 0 Å². The number of carbonyl (C=O) groups excluding carboxylic acids is 1. The lowest BCUT2D eigenvalue weighted by molar-refractivity contribution is 0.0939. The Balaban J connectivity index is 1.74. The van der Waals surface area contributed by atoms with Crippen LogP contribution < -0.4 is 5.32 Å². The van der Waals surface area contributed by atoms with Gasteiger partial charge in [-0.3, -0.25) is 9.69 Å². The van der Waals surface area contributed by atoms with Crippen molar-refractivity contribution < 1.29 is 4.79 Å². The third kappa shape index (κ3) is 4.49. The molecule has 144 valence electrons. The molecule has 0 radical (unpaired) electrons. The number of nitrogens with one attached hydrogen (secondary N) is 1. The summed E-state index contributed by atoms with van der Waals surface area (Å²) in [5.74, 6) is 0.823. The highest BCUT2D eigenvalue weighted by molar-refractivity contribution is 5.96. The lowest BCUT2D eigenvalue weighted by Crippen LogP contribution is -2.33. The summed E-state index contributed by atoms with van der Waals surface area (Å²) in [6.45, 7) is 7.59. The topological polar surface area (TPSA) is 32.3 Å². The standard InChI is InChI=1S/C23H36N2O/c1-3-15-25(16-4-2)21-14-13-19-11-8-12-20(22(19)21)23(26)24-17-18-9-6-5-7-10-18/h8,11-12,18,21H,3-7,9-10,13-17H2,1-2H3,(H,24,26)/t21-/m1/s1. The van der Waals surface area contributed by atoms with E-state index in [1.807, 2.05) is 6.07 Å². The molecule has 1 atom stereocenters. The number of rotatable bonds is 8. The van der Waals surface area contributed by atoms with E-state index in [-0.39, 0.29) is 5.91 Å². The van der Waals surface area contributed by atoms with E-state index in [0.717, 1.165) is 38.0 Å². The van der Waals surface area contributed by atoms with Gasteiger partial charge in [-0.2, -0.15) is 0 Å². The van der Waals surface area contributed by atoms with E-state index in [9.17, 15) is 4.79 Å². The first kappa shape index (κ1) is 19.4. The first-order valence-electron chi connectivity index (χ1n) is 10.9. The maximum atomic E-state index is 13.0.